The van der Waals surface area contributed by atoms with Gasteiger partial charge in [0.2, 0.25) is 6.10 Å². The summed E-state index contributed by atoms with van der Waals surface area (Å²) >= 11 is 0. The first-order valence-electron chi connectivity index (χ1n) is 7.26. The Morgan fingerprint density at radius 3 is 2.05 bits per heavy atom. The molecule has 0 spiro atoms. The Hall–Kier alpha value is -0.940. The van der Waals surface area contributed by atoms with Crippen LogP contribution in [0.5, 0.6) is 0 Å². The van der Waals surface area contributed by atoms with Crippen molar-refractivity contribution in [3.05, 3.63) is 0 Å². The van der Waals surface area contributed by atoms with Crippen molar-refractivity contribution in [3.63, 3.8) is 0 Å². The van der Waals surface area contributed by atoms with Crippen LogP contribution >= 0.6 is 0 Å². The molecule has 1 heterocycles. The predicted molar refractivity (Wildman–Crippen MR) is 76.0 cm³/mol. The zero-order chi connectivity index (χ0) is 15.6. The van der Waals surface area contributed by atoms with Gasteiger partial charge < -0.3 is 4.74 Å². The molecule has 0 aromatic rings. The maximum absolute atomic E-state index is 11.9. The lowest BCUT2D eigenvalue weighted by Crippen LogP contribution is -2.60. The van der Waals surface area contributed by atoms with Gasteiger partial charge in [0.25, 0.3) is 0 Å². The molecule has 116 valence electrons. The zero-order valence-corrected chi connectivity index (χ0v) is 13.5. The summed E-state index contributed by atoms with van der Waals surface area (Å²) in [5.41, 5.74) is -0.441. The fourth-order valence-corrected chi connectivity index (χ4v) is 2.87. The third-order valence-corrected chi connectivity index (χ3v) is 3.76. The molecule has 5 nitrogen and oxygen atoms in total. The van der Waals surface area contributed by atoms with Crippen molar-refractivity contribution in [2.75, 3.05) is 6.61 Å². The number of piperidine rings is 1. The average molecular weight is 285 g/mol. The topological polar surface area (TPSA) is 55.8 Å². The van der Waals surface area contributed by atoms with E-state index in [1.54, 1.807) is 6.92 Å². The van der Waals surface area contributed by atoms with E-state index in [1.165, 1.54) is 6.92 Å². The van der Waals surface area contributed by atoms with Crippen LogP contribution in [0.25, 0.3) is 0 Å². The van der Waals surface area contributed by atoms with Crippen molar-refractivity contribution < 1.29 is 19.2 Å². The molecule has 0 saturated carbocycles. The molecule has 0 aromatic heterocycles. The minimum absolute atomic E-state index is 0.220. The first-order valence-corrected chi connectivity index (χ1v) is 7.26. The second-order valence-corrected chi connectivity index (χ2v) is 6.62. The lowest BCUT2D eigenvalue weighted by atomic mass is 9.82. The monoisotopic (exact) mass is 285 g/mol. The molecule has 1 aliphatic rings. The van der Waals surface area contributed by atoms with Crippen molar-refractivity contribution >= 4 is 11.8 Å². The Kier molecular flexibility index (Phi) is 5.33. The summed E-state index contributed by atoms with van der Waals surface area (Å²) in [6, 6.07) is 0. The number of rotatable bonds is 5. The highest BCUT2D eigenvalue weighted by molar-refractivity contribution is 6.00. The molecule has 0 bridgehead atoms. The molecule has 1 atom stereocenters. The van der Waals surface area contributed by atoms with E-state index in [0.717, 1.165) is 19.3 Å². The van der Waals surface area contributed by atoms with Crippen LogP contribution in [0, 0.1) is 0 Å². The van der Waals surface area contributed by atoms with Gasteiger partial charge in [-0.2, -0.15) is 5.06 Å². The lowest BCUT2D eigenvalue weighted by Gasteiger charge is -2.51. The number of carbonyl (C=O) groups excluding carboxylic acids is 2. The minimum atomic E-state index is -1.17. The molecular formula is C15H27NO4. The van der Waals surface area contributed by atoms with Gasteiger partial charge in [-0.15, -0.1) is 0 Å². The maximum Gasteiger partial charge on any atom is 0.345 e. The molecule has 0 amide bonds. The van der Waals surface area contributed by atoms with Gasteiger partial charge in [0.15, 0.2) is 5.78 Å². The molecular weight excluding hydrogens is 258 g/mol. The Morgan fingerprint density at radius 1 is 1.15 bits per heavy atom. The number of hydrogen-bond donors (Lipinski definition) is 0. The Bertz CT molecular complexity index is 360. The molecule has 1 fully saturated rings. The molecule has 1 saturated heterocycles. The standard InChI is InChI=1S/C15H27NO4/c1-7-19-13(18)12(11(2)17)20-16-14(3,4)9-8-10-15(16,5)6/h12H,7-10H2,1-6H3. The zero-order valence-electron chi connectivity index (χ0n) is 13.5. The van der Waals surface area contributed by atoms with Crippen LogP contribution in [0.3, 0.4) is 0 Å². The number of carbonyl (C=O) groups is 2. The molecule has 1 rings (SSSR count). The number of ether oxygens (including phenoxy) is 1. The van der Waals surface area contributed by atoms with E-state index in [1.807, 2.05) is 5.06 Å². The molecule has 0 aliphatic carbocycles. The van der Waals surface area contributed by atoms with Gasteiger partial charge in [0, 0.05) is 11.1 Å². The second-order valence-electron chi connectivity index (χ2n) is 6.62. The highest BCUT2D eigenvalue weighted by Gasteiger charge is 2.45. The van der Waals surface area contributed by atoms with E-state index in [0.29, 0.717) is 0 Å². The van der Waals surface area contributed by atoms with Gasteiger partial charge in [0.1, 0.15) is 0 Å². The summed E-state index contributed by atoms with van der Waals surface area (Å²) in [4.78, 5) is 29.4. The number of hydroxylamine groups is 2. The van der Waals surface area contributed by atoms with Gasteiger partial charge in [-0.3, -0.25) is 9.63 Å². The molecule has 5 heteroatoms. The normalized spacial score (nSPS) is 23.1. The fraction of sp³-hybridized carbons (Fsp3) is 0.867. The van der Waals surface area contributed by atoms with E-state index in [9.17, 15) is 9.59 Å². The van der Waals surface area contributed by atoms with Crippen LogP contribution in [0.15, 0.2) is 0 Å². The molecule has 1 aliphatic heterocycles. The summed E-state index contributed by atoms with van der Waals surface area (Å²) in [5.74, 6) is -0.946. The second kappa shape index (κ2) is 6.22. The van der Waals surface area contributed by atoms with Crippen molar-refractivity contribution in [3.8, 4) is 0 Å². The number of ketones is 1. The van der Waals surface area contributed by atoms with E-state index in [-0.39, 0.29) is 23.5 Å². The fourth-order valence-electron chi connectivity index (χ4n) is 2.87. The van der Waals surface area contributed by atoms with E-state index in [2.05, 4.69) is 27.7 Å². The predicted octanol–water partition coefficient (Wildman–Crippen LogP) is 2.48. The van der Waals surface area contributed by atoms with Gasteiger partial charge >= 0.3 is 5.97 Å². The number of Topliss-reactive ketones (excluding diaryl/α,β-unsaturated/α-hetero) is 1. The van der Waals surface area contributed by atoms with Crippen LogP contribution in [0.2, 0.25) is 0 Å². The van der Waals surface area contributed by atoms with Crippen LogP contribution in [0.4, 0.5) is 0 Å². The summed E-state index contributed by atoms with van der Waals surface area (Å²) in [5, 5.41) is 1.81. The Balaban J connectivity index is 2.95. The van der Waals surface area contributed by atoms with Crippen molar-refractivity contribution in [2.24, 2.45) is 0 Å². The highest BCUT2D eigenvalue weighted by Crippen LogP contribution is 2.38. The highest BCUT2D eigenvalue weighted by atomic mass is 16.7. The largest absolute Gasteiger partial charge is 0.464 e. The summed E-state index contributed by atoms with van der Waals surface area (Å²) < 4.78 is 4.93. The molecule has 0 aromatic carbocycles. The quantitative estimate of drug-likeness (QED) is 0.574. The average Bonchev–Trinajstić information content (AvgIpc) is 2.26. The van der Waals surface area contributed by atoms with E-state index in [4.69, 9.17) is 9.57 Å². The molecule has 1 unspecified atom stereocenters. The van der Waals surface area contributed by atoms with Gasteiger partial charge in [-0.05, 0) is 60.8 Å². The third kappa shape index (κ3) is 3.79. The lowest BCUT2D eigenvalue weighted by molar-refractivity contribution is -0.296. The summed E-state index contributed by atoms with van der Waals surface area (Å²) in [7, 11) is 0. The van der Waals surface area contributed by atoms with Crippen molar-refractivity contribution in [1.29, 1.82) is 0 Å². The summed E-state index contributed by atoms with van der Waals surface area (Å²) in [6.45, 7) is 11.6. The van der Waals surface area contributed by atoms with Crippen LogP contribution in [0.1, 0.15) is 60.8 Å². The third-order valence-electron chi connectivity index (χ3n) is 3.76. The van der Waals surface area contributed by atoms with Gasteiger partial charge in [-0.1, -0.05) is 0 Å². The summed E-state index contributed by atoms with van der Waals surface area (Å²) in [6.07, 6.45) is 1.85. The first-order chi connectivity index (χ1) is 9.12. The van der Waals surface area contributed by atoms with Crippen LogP contribution in [-0.4, -0.2) is 40.6 Å². The number of nitrogens with zero attached hydrogens (tertiary/aromatic N) is 1. The Labute approximate surface area is 121 Å². The molecule has 0 radical (unpaired) electrons. The SMILES string of the molecule is CCOC(=O)C(ON1C(C)(C)CCCC1(C)C)C(C)=O. The minimum Gasteiger partial charge on any atom is -0.464 e. The van der Waals surface area contributed by atoms with Gasteiger partial charge in [0.05, 0.1) is 6.61 Å². The smallest absolute Gasteiger partial charge is 0.345 e. The van der Waals surface area contributed by atoms with Crippen molar-refractivity contribution in [1.82, 2.24) is 5.06 Å². The van der Waals surface area contributed by atoms with Gasteiger partial charge in [-0.25, -0.2) is 4.79 Å². The van der Waals surface area contributed by atoms with E-state index < -0.39 is 12.1 Å². The first kappa shape index (κ1) is 17.1. The van der Waals surface area contributed by atoms with E-state index >= 15 is 0 Å². The molecule has 0 N–H and O–H groups in total. The Morgan fingerprint density at radius 2 is 1.65 bits per heavy atom. The maximum atomic E-state index is 11.9. The van der Waals surface area contributed by atoms with Crippen LogP contribution < -0.4 is 0 Å². The number of hydrogen-bond acceptors (Lipinski definition) is 5. The number of esters is 1. The molecule has 20 heavy (non-hydrogen) atoms. The van der Waals surface area contributed by atoms with Crippen LogP contribution in [-0.2, 0) is 19.2 Å². The van der Waals surface area contributed by atoms with Crippen molar-refractivity contribution in [2.45, 2.75) is 78.0 Å².